The summed E-state index contributed by atoms with van der Waals surface area (Å²) >= 11 is 0. The number of rotatable bonds is 4. The number of nitrogens with zero attached hydrogens (tertiary/aromatic N) is 4. The van der Waals surface area contributed by atoms with E-state index in [2.05, 4.69) is 15.1 Å². The molecule has 0 radical (unpaired) electrons. The third kappa shape index (κ3) is 4.37. The van der Waals surface area contributed by atoms with E-state index in [1.54, 1.807) is 6.92 Å². The van der Waals surface area contributed by atoms with Gasteiger partial charge in [-0.2, -0.15) is 18.3 Å². The second-order valence-corrected chi connectivity index (χ2v) is 7.74. The fourth-order valence-electron chi connectivity index (χ4n) is 3.57. The molecule has 2 aromatic carbocycles. The lowest BCUT2D eigenvalue weighted by Gasteiger charge is -2.16. The van der Waals surface area contributed by atoms with Gasteiger partial charge in [0.05, 0.1) is 16.9 Å². The number of benzene rings is 2. The molecule has 4 aromatic rings. The average molecular weight is 492 g/mol. The zero-order chi connectivity index (χ0) is 25.7. The first kappa shape index (κ1) is 24.0. The maximum absolute atomic E-state index is 15.0. The van der Waals surface area contributed by atoms with Crippen molar-refractivity contribution in [3.8, 4) is 5.69 Å². The molecule has 182 valence electrons. The first-order chi connectivity index (χ1) is 16.4. The largest absolute Gasteiger partial charge is 0.416 e. The van der Waals surface area contributed by atoms with Crippen LogP contribution in [0.4, 0.5) is 33.5 Å². The second-order valence-electron chi connectivity index (χ2n) is 7.74. The lowest BCUT2D eigenvalue weighted by Crippen LogP contribution is -2.22. The lowest BCUT2D eigenvalue weighted by atomic mass is 10.0. The molecule has 0 saturated heterocycles. The van der Waals surface area contributed by atoms with E-state index < -0.39 is 41.1 Å². The molecule has 2 aromatic heterocycles. The Kier molecular flexibility index (Phi) is 5.88. The molecule has 2 heterocycles. The topological polar surface area (TPSA) is 119 Å². The SMILES string of the molecule is Cc1cc(C(O)C(=O)Nc2ccc(-n3nc(C)c4ncnc(N)c43)c(F)c2F)cc(C(F)(F)F)c1. The fourth-order valence-corrected chi connectivity index (χ4v) is 3.57. The standard InChI is InChI=1S/C22H17F5N6O2/c1-9-5-11(7-12(6-9)22(25,26)27)19(34)21(35)31-13-3-4-14(16(24)15(13)23)33-18-17(10(2)32-33)29-8-30-20(18)28/h3-8,19,34H,1-2H3,(H,31,35)(H2,28,29,30). The number of hydrogen-bond donors (Lipinski definition) is 3. The molecule has 8 nitrogen and oxygen atoms in total. The van der Waals surface area contributed by atoms with Crippen molar-refractivity contribution in [1.82, 2.24) is 19.7 Å². The molecule has 1 atom stereocenters. The smallest absolute Gasteiger partial charge is 0.382 e. The Morgan fingerprint density at radius 2 is 1.83 bits per heavy atom. The van der Waals surface area contributed by atoms with Crippen LogP contribution in [0.3, 0.4) is 0 Å². The number of hydrogen-bond acceptors (Lipinski definition) is 6. The minimum atomic E-state index is -4.70. The lowest BCUT2D eigenvalue weighted by molar-refractivity contribution is -0.138. The van der Waals surface area contributed by atoms with Crippen molar-refractivity contribution >= 4 is 28.4 Å². The molecule has 0 fully saturated rings. The normalized spacial score (nSPS) is 12.7. The van der Waals surface area contributed by atoms with Gasteiger partial charge in [-0.3, -0.25) is 4.79 Å². The minimum absolute atomic E-state index is 0.0210. The van der Waals surface area contributed by atoms with Gasteiger partial charge in [-0.1, -0.05) is 11.6 Å². The number of halogens is 5. The predicted molar refractivity (Wildman–Crippen MR) is 115 cm³/mol. The molecule has 13 heteroatoms. The predicted octanol–water partition coefficient (Wildman–Crippen LogP) is 3.98. The van der Waals surface area contributed by atoms with Crippen molar-refractivity contribution in [2.75, 3.05) is 11.1 Å². The molecule has 0 saturated carbocycles. The van der Waals surface area contributed by atoms with Crippen LogP contribution in [-0.2, 0) is 11.0 Å². The Bertz CT molecular complexity index is 1470. The minimum Gasteiger partial charge on any atom is -0.382 e. The van der Waals surface area contributed by atoms with Crippen LogP contribution >= 0.6 is 0 Å². The van der Waals surface area contributed by atoms with Crippen molar-refractivity contribution in [1.29, 1.82) is 0 Å². The molecule has 35 heavy (non-hydrogen) atoms. The molecule has 1 unspecified atom stereocenters. The number of carbonyl (C=O) groups excluding carboxylic acids is 1. The van der Waals surface area contributed by atoms with Crippen LogP contribution in [0.2, 0.25) is 0 Å². The van der Waals surface area contributed by atoms with Gasteiger partial charge in [0, 0.05) is 0 Å². The molecule has 4 rings (SSSR count). The van der Waals surface area contributed by atoms with Crippen LogP contribution < -0.4 is 11.1 Å². The zero-order valence-corrected chi connectivity index (χ0v) is 18.2. The molecular weight excluding hydrogens is 475 g/mol. The summed E-state index contributed by atoms with van der Waals surface area (Å²) in [4.78, 5) is 20.3. The molecule has 0 aliphatic heterocycles. The van der Waals surface area contributed by atoms with Gasteiger partial charge in [-0.05, 0) is 43.7 Å². The van der Waals surface area contributed by atoms with Gasteiger partial charge >= 0.3 is 6.18 Å². The number of nitrogen functional groups attached to an aromatic ring is 1. The van der Waals surface area contributed by atoms with Gasteiger partial charge in [-0.15, -0.1) is 0 Å². The summed E-state index contributed by atoms with van der Waals surface area (Å²) in [5.41, 5.74) is 4.43. The van der Waals surface area contributed by atoms with Crippen LogP contribution in [0, 0.1) is 25.5 Å². The second kappa shape index (κ2) is 8.58. The highest BCUT2D eigenvalue weighted by Gasteiger charge is 2.32. The molecular formula is C22H17F5N6O2. The van der Waals surface area contributed by atoms with Crippen molar-refractivity contribution in [2.24, 2.45) is 0 Å². The van der Waals surface area contributed by atoms with Gasteiger partial charge < -0.3 is 16.2 Å². The Morgan fingerprint density at radius 3 is 2.51 bits per heavy atom. The third-order valence-corrected chi connectivity index (χ3v) is 5.19. The molecule has 0 bridgehead atoms. The molecule has 4 N–H and O–H groups in total. The van der Waals surface area contributed by atoms with E-state index in [9.17, 15) is 31.9 Å². The van der Waals surface area contributed by atoms with E-state index in [0.717, 1.165) is 22.9 Å². The summed E-state index contributed by atoms with van der Waals surface area (Å²) in [5.74, 6) is -4.17. The number of aryl methyl sites for hydroxylation is 2. The van der Waals surface area contributed by atoms with Crippen LogP contribution in [0.1, 0.15) is 28.5 Å². The summed E-state index contributed by atoms with van der Waals surface area (Å²) in [7, 11) is 0. The number of anilines is 2. The summed E-state index contributed by atoms with van der Waals surface area (Å²) in [6.07, 6.45) is -5.58. The Labute approximate surface area is 194 Å². The number of nitrogens with one attached hydrogen (secondary N) is 1. The zero-order valence-electron chi connectivity index (χ0n) is 18.2. The number of aliphatic hydroxyl groups is 1. The Hall–Kier alpha value is -4.13. The van der Waals surface area contributed by atoms with E-state index in [1.807, 2.05) is 5.32 Å². The summed E-state index contributed by atoms with van der Waals surface area (Å²) in [5, 5.41) is 16.4. The molecule has 0 spiro atoms. The van der Waals surface area contributed by atoms with Crippen molar-refractivity contribution in [3.05, 3.63) is 70.7 Å². The number of alkyl halides is 3. The van der Waals surface area contributed by atoms with Crippen molar-refractivity contribution < 1.29 is 31.9 Å². The van der Waals surface area contributed by atoms with E-state index >= 15 is 0 Å². The van der Waals surface area contributed by atoms with E-state index in [0.29, 0.717) is 17.3 Å². The number of nitrogens with two attached hydrogens (primary N) is 1. The number of aliphatic hydroxyl groups excluding tert-OH is 1. The highest BCUT2D eigenvalue weighted by molar-refractivity contribution is 5.95. The van der Waals surface area contributed by atoms with E-state index in [4.69, 9.17) is 5.73 Å². The van der Waals surface area contributed by atoms with Gasteiger partial charge in [0.25, 0.3) is 5.91 Å². The summed E-state index contributed by atoms with van der Waals surface area (Å²) < 4.78 is 70.0. The Balaban J connectivity index is 1.66. The maximum atomic E-state index is 15.0. The van der Waals surface area contributed by atoms with Gasteiger partial charge in [0.1, 0.15) is 23.0 Å². The van der Waals surface area contributed by atoms with Gasteiger partial charge in [0.15, 0.2) is 23.6 Å². The highest BCUT2D eigenvalue weighted by atomic mass is 19.4. The molecule has 0 aliphatic carbocycles. The monoisotopic (exact) mass is 492 g/mol. The average Bonchev–Trinajstić information content (AvgIpc) is 3.13. The molecule has 0 aliphatic rings. The number of carbonyl (C=O) groups is 1. The quantitative estimate of drug-likeness (QED) is 0.371. The highest BCUT2D eigenvalue weighted by Crippen LogP contribution is 2.33. The van der Waals surface area contributed by atoms with Crippen LogP contribution in [0.15, 0.2) is 36.7 Å². The van der Waals surface area contributed by atoms with Crippen LogP contribution in [0.25, 0.3) is 16.7 Å². The molecule has 1 amide bonds. The van der Waals surface area contributed by atoms with Gasteiger partial charge in [0.2, 0.25) is 0 Å². The maximum Gasteiger partial charge on any atom is 0.416 e. The van der Waals surface area contributed by atoms with Crippen LogP contribution in [-0.4, -0.2) is 30.8 Å². The Morgan fingerprint density at radius 1 is 1.11 bits per heavy atom. The van der Waals surface area contributed by atoms with Gasteiger partial charge in [-0.25, -0.2) is 23.4 Å². The van der Waals surface area contributed by atoms with E-state index in [-0.39, 0.29) is 28.1 Å². The fraction of sp³-hybridized carbons (Fsp3) is 0.182. The van der Waals surface area contributed by atoms with Crippen molar-refractivity contribution in [3.63, 3.8) is 0 Å². The first-order valence-corrected chi connectivity index (χ1v) is 10.0. The number of amides is 1. The number of fused-ring (bicyclic) bond motifs is 1. The summed E-state index contributed by atoms with van der Waals surface area (Å²) in [6, 6.07) is 4.75. The number of aromatic nitrogens is 4. The summed E-state index contributed by atoms with van der Waals surface area (Å²) in [6.45, 7) is 2.95. The third-order valence-electron chi connectivity index (χ3n) is 5.19. The van der Waals surface area contributed by atoms with E-state index in [1.165, 1.54) is 19.3 Å². The van der Waals surface area contributed by atoms with Crippen molar-refractivity contribution in [2.45, 2.75) is 26.1 Å². The first-order valence-electron chi connectivity index (χ1n) is 10.0. The van der Waals surface area contributed by atoms with Crippen LogP contribution in [0.5, 0.6) is 0 Å².